The monoisotopic (exact) mass is 364 g/mol. The smallest absolute Gasteiger partial charge is 0.224 e. The zero-order valence-electron chi connectivity index (χ0n) is 15.8. The van der Waals surface area contributed by atoms with E-state index in [1.54, 1.807) is 0 Å². The fourth-order valence-electron chi connectivity index (χ4n) is 5.09. The molecule has 4 heterocycles. The van der Waals surface area contributed by atoms with Gasteiger partial charge in [-0.25, -0.2) is 4.98 Å². The van der Waals surface area contributed by atoms with E-state index in [0.717, 1.165) is 42.8 Å². The van der Waals surface area contributed by atoms with Crippen LogP contribution < -0.4 is 10.6 Å². The minimum Gasteiger partial charge on any atom is -0.334 e. The second-order valence-corrected chi connectivity index (χ2v) is 8.50. The lowest BCUT2D eigenvalue weighted by atomic mass is 9.89. The molecule has 2 fully saturated rings. The van der Waals surface area contributed by atoms with Gasteiger partial charge < -0.3 is 15.2 Å². The van der Waals surface area contributed by atoms with Crippen LogP contribution in [0.1, 0.15) is 50.8 Å². The van der Waals surface area contributed by atoms with Crippen molar-refractivity contribution in [2.45, 2.75) is 70.0 Å². The van der Waals surface area contributed by atoms with E-state index < -0.39 is 0 Å². The Morgan fingerprint density at radius 3 is 2.67 bits per heavy atom. The fourth-order valence-corrected chi connectivity index (χ4v) is 5.09. The van der Waals surface area contributed by atoms with E-state index in [-0.39, 0.29) is 5.91 Å². The number of nitrogens with zero attached hydrogens (tertiary/aromatic N) is 2. The maximum Gasteiger partial charge on any atom is 0.224 e. The standard InChI is InChI=1S/C22H28N4O/c27-22(13-15-11-18-8-9-19(12-15)23-18)24-17-6-4-16(5-7-17)20-14-26-10-2-1-3-21(26)25-20/h4-7,14-15,18-19,23H,1-3,8-13H2,(H,24,27). The molecule has 2 N–H and O–H groups in total. The summed E-state index contributed by atoms with van der Waals surface area (Å²) in [7, 11) is 0. The average Bonchev–Trinajstić information content (AvgIpc) is 3.25. The van der Waals surface area contributed by atoms with E-state index in [4.69, 9.17) is 4.98 Å². The van der Waals surface area contributed by atoms with E-state index in [1.165, 1.54) is 31.5 Å². The number of fused-ring (bicyclic) bond motifs is 3. The van der Waals surface area contributed by atoms with Gasteiger partial charge in [0.05, 0.1) is 5.69 Å². The van der Waals surface area contributed by atoms with Crippen LogP contribution in [-0.2, 0) is 17.8 Å². The molecule has 2 atom stereocenters. The third-order valence-electron chi connectivity index (χ3n) is 6.42. The molecule has 3 aliphatic rings. The minimum absolute atomic E-state index is 0.145. The van der Waals surface area contributed by atoms with Gasteiger partial charge in [0.1, 0.15) is 5.82 Å². The van der Waals surface area contributed by atoms with Gasteiger partial charge in [-0.2, -0.15) is 0 Å². The van der Waals surface area contributed by atoms with Gasteiger partial charge >= 0.3 is 0 Å². The molecule has 3 aliphatic heterocycles. The summed E-state index contributed by atoms with van der Waals surface area (Å²) in [5.41, 5.74) is 3.03. The second-order valence-electron chi connectivity index (χ2n) is 8.50. The number of aryl methyl sites for hydroxylation is 2. The van der Waals surface area contributed by atoms with Crippen LogP contribution in [0.5, 0.6) is 0 Å². The van der Waals surface area contributed by atoms with Crippen LogP contribution in [0.2, 0.25) is 0 Å². The molecule has 2 aromatic rings. The summed E-state index contributed by atoms with van der Waals surface area (Å²) in [5.74, 6) is 1.87. The molecule has 2 unspecified atom stereocenters. The van der Waals surface area contributed by atoms with Crippen LogP contribution in [-0.4, -0.2) is 27.5 Å². The molecular formula is C22H28N4O. The molecule has 2 saturated heterocycles. The van der Waals surface area contributed by atoms with Crippen LogP contribution in [0.25, 0.3) is 11.3 Å². The van der Waals surface area contributed by atoms with Crippen molar-refractivity contribution < 1.29 is 4.79 Å². The quantitative estimate of drug-likeness (QED) is 0.869. The maximum absolute atomic E-state index is 12.5. The van der Waals surface area contributed by atoms with Gasteiger partial charge in [-0.05, 0) is 56.6 Å². The lowest BCUT2D eigenvalue weighted by molar-refractivity contribution is -0.117. The lowest BCUT2D eigenvalue weighted by Crippen LogP contribution is -2.39. The normalized spacial score (nSPS) is 26.6. The molecular weight excluding hydrogens is 336 g/mol. The van der Waals surface area contributed by atoms with Gasteiger partial charge in [-0.3, -0.25) is 4.79 Å². The molecule has 5 nitrogen and oxygen atoms in total. The Kier molecular flexibility index (Phi) is 4.48. The first-order valence-electron chi connectivity index (χ1n) is 10.5. The number of hydrogen-bond donors (Lipinski definition) is 2. The number of carbonyl (C=O) groups is 1. The molecule has 0 spiro atoms. The van der Waals surface area contributed by atoms with Crippen molar-refractivity contribution in [3.8, 4) is 11.3 Å². The largest absolute Gasteiger partial charge is 0.334 e. The zero-order chi connectivity index (χ0) is 18.2. The summed E-state index contributed by atoms with van der Waals surface area (Å²) in [5, 5.41) is 6.73. The topological polar surface area (TPSA) is 59.0 Å². The van der Waals surface area contributed by atoms with E-state index in [0.29, 0.717) is 24.4 Å². The Labute approximate surface area is 160 Å². The molecule has 5 rings (SSSR count). The highest BCUT2D eigenvalue weighted by molar-refractivity contribution is 5.91. The summed E-state index contributed by atoms with van der Waals surface area (Å²) in [6.45, 7) is 1.08. The SMILES string of the molecule is O=C(CC1CC2CCC(C1)N2)Nc1ccc(-c2cn3c(n2)CCCC3)cc1. The van der Waals surface area contributed by atoms with Gasteiger partial charge in [0.2, 0.25) is 5.91 Å². The average molecular weight is 364 g/mol. The summed E-state index contributed by atoms with van der Waals surface area (Å²) in [6, 6.07) is 9.40. The van der Waals surface area contributed by atoms with Gasteiger partial charge in [0, 0.05) is 48.9 Å². The van der Waals surface area contributed by atoms with Crippen LogP contribution in [0.3, 0.4) is 0 Å². The molecule has 1 aromatic carbocycles. The minimum atomic E-state index is 0.145. The second kappa shape index (κ2) is 7.12. The van der Waals surface area contributed by atoms with Gasteiger partial charge in [-0.15, -0.1) is 0 Å². The Hall–Kier alpha value is -2.14. The predicted molar refractivity (Wildman–Crippen MR) is 107 cm³/mol. The number of carbonyl (C=O) groups excluding carboxylic acids is 1. The number of anilines is 1. The first-order valence-corrected chi connectivity index (χ1v) is 10.5. The van der Waals surface area contributed by atoms with Gasteiger partial charge in [0.25, 0.3) is 0 Å². The Balaban J connectivity index is 1.20. The van der Waals surface area contributed by atoms with E-state index in [9.17, 15) is 4.79 Å². The highest BCUT2D eigenvalue weighted by atomic mass is 16.1. The van der Waals surface area contributed by atoms with Crippen LogP contribution >= 0.6 is 0 Å². The molecule has 0 aliphatic carbocycles. The highest BCUT2D eigenvalue weighted by Gasteiger charge is 2.34. The Morgan fingerprint density at radius 2 is 1.93 bits per heavy atom. The molecule has 1 amide bonds. The third kappa shape index (κ3) is 3.65. The van der Waals surface area contributed by atoms with Crippen molar-refractivity contribution in [2.24, 2.45) is 5.92 Å². The van der Waals surface area contributed by atoms with Crippen LogP contribution in [0.15, 0.2) is 30.5 Å². The summed E-state index contributed by atoms with van der Waals surface area (Å²) >= 11 is 0. The predicted octanol–water partition coefficient (Wildman–Crippen LogP) is 3.75. The molecule has 0 saturated carbocycles. The maximum atomic E-state index is 12.5. The number of benzene rings is 1. The van der Waals surface area contributed by atoms with Gasteiger partial charge in [-0.1, -0.05) is 12.1 Å². The van der Waals surface area contributed by atoms with E-state index >= 15 is 0 Å². The zero-order valence-corrected chi connectivity index (χ0v) is 15.8. The highest BCUT2D eigenvalue weighted by Crippen LogP contribution is 2.33. The lowest BCUT2D eigenvalue weighted by Gasteiger charge is -2.28. The van der Waals surface area contributed by atoms with Crippen LogP contribution in [0.4, 0.5) is 5.69 Å². The number of amides is 1. The Bertz CT molecular complexity index is 790. The molecule has 142 valence electrons. The van der Waals surface area contributed by atoms with E-state index in [1.807, 2.05) is 12.1 Å². The van der Waals surface area contributed by atoms with Gasteiger partial charge in [0.15, 0.2) is 0 Å². The van der Waals surface area contributed by atoms with Crippen molar-refractivity contribution >= 4 is 11.6 Å². The number of aromatic nitrogens is 2. The summed E-state index contributed by atoms with van der Waals surface area (Å²) in [4.78, 5) is 17.2. The summed E-state index contributed by atoms with van der Waals surface area (Å²) in [6.07, 6.45) is 11.2. The molecule has 0 radical (unpaired) electrons. The molecule has 5 heteroatoms. The fraction of sp³-hybridized carbons (Fsp3) is 0.545. The van der Waals surface area contributed by atoms with Crippen molar-refractivity contribution in [2.75, 3.05) is 5.32 Å². The number of imidazole rings is 1. The van der Waals surface area contributed by atoms with Crippen molar-refractivity contribution in [1.29, 1.82) is 0 Å². The number of rotatable bonds is 4. The first-order chi connectivity index (χ1) is 13.2. The first kappa shape index (κ1) is 17.0. The Morgan fingerprint density at radius 1 is 1.15 bits per heavy atom. The van der Waals surface area contributed by atoms with E-state index in [2.05, 4.69) is 33.5 Å². The molecule has 1 aromatic heterocycles. The van der Waals surface area contributed by atoms with Crippen molar-refractivity contribution in [3.63, 3.8) is 0 Å². The third-order valence-corrected chi connectivity index (χ3v) is 6.42. The number of nitrogens with one attached hydrogen (secondary N) is 2. The number of piperidine rings is 1. The number of hydrogen-bond acceptors (Lipinski definition) is 3. The van der Waals surface area contributed by atoms with Crippen molar-refractivity contribution in [1.82, 2.24) is 14.9 Å². The van der Waals surface area contributed by atoms with Crippen molar-refractivity contribution in [3.05, 3.63) is 36.3 Å². The molecule has 2 bridgehead atoms. The molecule has 27 heavy (non-hydrogen) atoms. The summed E-state index contributed by atoms with van der Waals surface area (Å²) < 4.78 is 2.28. The van der Waals surface area contributed by atoms with Crippen LogP contribution in [0, 0.1) is 5.92 Å².